The third-order valence-electron chi connectivity index (χ3n) is 4.50. The Morgan fingerprint density at radius 2 is 2.10 bits per heavy atom. The molecule has 0 atom stereocenters. The van der Waals surface area contributed by atoms with Crippen LogP contribution in [0.1, 0.15) is 12.8 Å². The van der Waals surface area contributed by atoms with Crippen LogP contribution < -0.4 is 10.1 Å². The van der Waals surface area contributed by atoms with Gasteiger partial charge >= 0.3 is 6.18 Å². The molecule has 0 aliphatic heterocycles. The van der Waals surface area contributed by atoms with Crippen molar-refractivity contribution in [3.8, 4) is 17.1 Å². The van der Waals surface area contributed by atoms with Gasteiger partial charge in [-0.15, -0.1) is 0 Å². The topological polar surface area (TPSA) is 86.3 Å². The van der Waals surface area contributed by atoms with E-state index in [1.54, 1.807) is 40.9 Å². The van der Waals surface area contributed by atoms with E-state index in [1.807, 2.05) is 6.20 Å². The first kappa shape index (κ1) is 19.0. The molecule has 1 saturated carbocycles. The van der Waals surface area contributed by atoms with E-state index in [0.717, 1.165) is 5.56 Å². The molecule has 3 aromatic rings. The molecule has 1 amide bonds. The van der Waals surface area contributed by atoms with Crippen LogP contribution in [0.2, 0.25) is 0 Å². The van der Waals surface area contributed by atoms with Crippen molar-refractivity contribution < 1.29 is 22.7 Å². The lowest BCUT2D eigenvalue weighted by Crippen LogP contribution is -2.48. The molecular formula is C18H17F3N6O2. The Hall–Kier alpha value is -3.37. The number of halogens is 3. The van der Waals surface area contributed by atoms with Crippen LogP contribution in [0.3, 0.4) is 0 Å². The van der Waals surface area contributed by atoms with E-state index in [9.17, 15) is 18.0 Å². The normalized spacial score (nSPS) is 19.4. The van der Waals surface area contributed by atoms with Crippen LogP contribution in [0.4, 0.5) is 13.2 Å². The number of nitrogens with zero attached hydrogens (tertiary/aromatic N) is 5. The smallest absolute Gasteiger partial charge is 0.409 e. The summed E-state index contributed by atoms with van der Waals surface area (Å²) in [7, 11) is 1.81. The van der Waals surface area contributed by atoms with Crippen LogP contribution >= 0.6 is 0 Å². The van der Waals surface area contributed by atoms with Gasteiger partial charge < -0.3 is 10.1 Å². The SMILES string of the molecule is Cn1cc(-c2cn3nccc3c(OC3CC(NC(=O)/C=C/C(F)(F)F)C3)n2)cn1. The molecule has 3 aromatic heterocycles. The third-order valence-corrected chi connectivity index (χ3v) is 4.50. The predicted molar refractivity (Wildman–Crippen MR) is 96.0 cm³/mol. The molecule has 0 saturated heterocycles. The first-order chi connectivity index (χ1) is 13.8. The van der Waals surface area contributed by atoms with Crippen molar-refractivity contribution in [2.45, 2.75) is 31.2 Å². The molecule has 29 heavy (non-hydrogen) atoms. The second-order valence-electron chi connectivity index (χ2n) is 6.79. The highest BCUT2D eigenvalue weighted by Gasteiger charge is 2.33. The van der Waals surface area contributed by atoms with E-state index in [2.05, 4.69) is 20.5 Å². The maximum atomic E-state index is 12.1. The minimum atomic E-state index is -4.51. The van der Waals surface area contributed by atoms with Crippen molar-refractivity contribution in [2.24, 2.45) is 7.05 Å². The summed E-state index contributed by atoms with van der Waals surface area (Å²) in [6.45, 7) is 0. The Kier molecular flexibility index (Phi) is 4.73. The monoisotopic (exact) mass is 406 g/mol. The molecule has 8 nitrogen and oxygen atoms in total. The number of fused-ring (bicyclic) bond motifs is 1. The van der Waals surface area contributed by atoms with Gasteiger partial charge in [0.1, 0.15) is 11.6 Å². The zero-order valence-corrected chi connectivity index (χ0v) is 15.3. The molecule has 0 bridgehead atoms. The molecule has 0 spiro atoms. The number of aryl methyl sites for hydroxylation is 1. The van der Waals surface area contributed by atoms with Crippen LogP contribution in [0.5, 0.6) is 5.88 Å². The maximum absolute atomic E-state index is 12.1. The molecule has 11 heteroatoms. The van der Waals surface area contributed by atoms with Crippen molar-refractivity contribution in [1.29, 1.82) is 0 Å². The molecule has 1 aliphatic rings. The van der Waals surface area contributed by atoms with Crippen LogP contribution in [-0.4, -0.2) is 48.6 Å². The highest BCUT2D eigenvalue weighted by atomic mass is 19.4. The highest BCUT2D eigenvalue weighted by Crippen LogP contribution is 2.29. The lowest BCUT2D eigenvalue weighted by atomic mass is 9.89. The van der Waals surface area contributed by atoms with E-state index >= 15 is 0 Å². The fourth-order valence-corrected chi connectivity index (χ4v) is 3.03. The van der Waals surface area contributed by atoms with E-state index < -0.39 is 12.1 Å². The van der Waals surface area contributed by atoms with Crippen molar-refractivity contribution in [3.63, 3.8) is 0 Å². The predicted octanol–water partition coefficient (Wildman–Crippen LogP) is 2.27. The number of allylic oxidation sites excluding steroid dienone is 1. The summed E-state index contributed by atoms with van der Waals surface area (Å²) in [5.74, 6) is -0.378. The first-order valence-corrected chi connectivity index (χ1v) is 8.83. The number of carbonyl (C=O) groups is 1. The van der Waals surface area contributed by atoms with Gasteiger partial charge in [0.2, 0.25) is 11.8 Å². The zero-order chi connectivity index (χ0) is 20.6. The zero-order valence-electron chi connectivity index (χ0n) is 15.3. The Morgan fingerprint density at radius 3 is 2.79 bits per heavy atom. The number of rotatable bonds is 5. The van der Waals surface area contributed by atoms with Crippen molar-refractivity contribution in [2.75, 3.05) is 0 Å². The summed E-state index contributed by atoms with van der Waals surface area (Å²) in [6.07, 6.45) is 3.56. The van der Waals surface area contributed by atoms with E-state index in [0.29, 0.717) is 36.0 Å². The van der Waals surface area contributed by atoms with Gasteiger partial charge in [0.15, 0.2) is 0 Å². The van der Waals surface area contributed by atoms with Crippen molar-refractivity contribution in [3.05, 3.63) is 43.0 Å². The minimum absolute atomic E-state index is 0.0841. The van der Waals surface area contributed by atoms with Gasteiger partial charge in [0.05, 0.1) is 24.3 Å². The van der Waals surface area contributed by atoms with Crippen LogP contribution in [0, 0.1) is 0 Å². The third kappa shape index (κ3) is 4.39. The molecule has 0 unspecified atom stereocenters. The van der Waals surface area contributed by atoms with Crippen LogP contribution in [0.25, 0.3) is 16.8 Å². The van der Waals surface area contributed by atoms with Gasteiger partial charge in [-0.2, -0.15) is 23.4 Å². The molecule has 4 rings (SSSR count). The van der Waals surface area contributed by atoms with Gasteiger partial charge in [-0.1, -0.05) is 0 Å². The Bertz CT molecular complexity index is 1070. The summed E-state index contributed by atoms with van der Waals surface area (Å²) in [5, 5.41) is 10.9. The Labute approximate surface area is 163 Å². The van der Waals surface area contributed by atoms with Gasteiger partial charge in [-0.25, -0.2) is 9.50 Å². The maximum Gasteiger partial charge on any atom is 0.409 e. The molecular weight excluding hydrogens is 389 g/mol. The molecule has 1 fully saturated rings. The summed E-state index contributed by atoms with van der Waals surface area (Å²) in [4.78, 5) is 16.1. The van der Waals surface area contributed by atoms with Crippen LogP contribution in [-0.2, 0) is 11.8 Å². The fourth-order valence-electron chi connectivity index (χ4n) is 3.03. The molecule has 0 radical (unpaired) electrons. The summed E-state index contributed by atoms with van der Waals surface area (Å²) in [6, 6.07) is 1.53. The summed E-state index contributed by atoms with van der Waals surface area (Å²) in [5.41, 5.74) is 2.15. The van der Waals surface area contributed by atoms with Crippen molar-refractivity contribution in [1.82, 2.24) is 29.7 Å². The number of aromatic nitrogens is 5. The highest BCUT2D eigenvalue weighted by molar-refractivity contribution is 5.87. The number of hydrogen-bond acceptors (Lipinski definition) is 5. The quantitative estimate of drug-likeness (QED) is 0.657. The van der Waals surface area contributed by atoms with Crippen LogP contribution in [0.15, 0.2) is 43.0 Å². The lowest BCUT2D eigenvalue weighted by Gasteiger charge is -2.35. The largest absolute Gasteiger partial charge is 0.473 e. The number of alkyl halides is 3. The Balaban J connectivity index is 1.41. The van der Waals surface area contributed by atoms with E-state index in [-0.39, 0.29) is 18.2 Å². The number of nitrogens with one attached hydrogen (secondary N) is 1. The molecule has 152 valence electrons. The van der Waals surface area contributed by atoms with Gasteiger partial charge in [0.25, 0.3) is 0 Å². The minimum Gasteiger partial charge on any atom is -0.473 e. The number of amides is 1. The average molecular weight is 406 g/mol. The molecule has 1 aliphatic carbocycles. The van der Waals surface area contributed by atoms with Gasteiger partial charge in [-0.05, 0) is 6.07 Å². The second-order valence-corrected chi connectivity index (χ2v) is 6.79. The standard InChI is InChI=1S/C18H17F3N6O2/c1-26-9-11(8-23-26)14-10-27-15(3-5-22-27)17(25-14)29-13-6-12(7-13)24-16(28)2-4-18(19,20)21/h2-5,8-10,12-13H,6-7H2,1H3,(H,24,28)/b4-2+. The molecule has 1 N–H and O–H groups in total. The number of hydrogen-bond donors (Lipinski definition) is 1. The summed E-state index contributed by atoms with van der Waals surface area (Å²) < 4.78 is 45.6. The van der Waals surface area contributed by atoms with Gasteiger partial charge in [-0.3, -0.25) is 9.48 Å². The van der Waals surface area contributed by atoms with E-state index in [1.165, 1.54) is 0 Å². The second kappa shape index (κ2) is 7.22. The first-order valence-electron chi connectivity index (χ1n) is 8.83. The Morgan fingerprint density at radius 1 is 1.31 bits per heavy atom. The molecule has 3 heterocycles. The summed E-state index contributed by atoms with van der Waals surface area (Å²) >= 11 is 0. The van der Waals surface area contributed by atoms with Crippen molar-refractivity contribution >= 4 is 11.4 Å². The van der Waals surface area contributed by atoms with E-state index in [4.69, 9.17) is 4.74 Å². The van der Waals surface area contributed by atoms with Gasteiger partial charge in [0, 0.05) is 49.8 Å². The fraction of sp³-hybridized carbons (Fsp3) is 0.333. The lowest BCUT2D eigenvalue weighted by molar-refractivity contribution is -0.119. The number of ether oxygens (including phenoxy) is 1. The number of carbonyl (C=O) groups excluding carboxylic acids is 1. The molecule has 0 aromatic carbocycles. The average Bonchev–Trinajstić information content (AvgIpc) is 3.26.